The van der Waals surface area contributed by atoms with Gasteiger partial charge in [0.05, 0.1) is 0 Å². The van der Waals surface area contributed by atoms with Gasteiger partial charge in [0, 0.05) is 44.2 Å². The minimum atomic E-state index is -1.02. The van der Waals surface area contributed by atoms with Crippen molar-refractivity contribution in [3.05, 3.63) is 0 Å². The number of carboxylic acid groups (broad SMARTS) is 2. The molecule has 2 saturated carbocycles. The van der Waals surface area contributed by atoms with Crippen LogP contribution in [0.2, 0.25) is 0 Å². The molecule has 0 heterocycles. The molecule has 2 aliphatic rings. The number of aliphatic carboxylic acids is 2. The molecule has 4 atom stereocenters. The number of ketones is 2. The Bertz CT molecular complexity index is 534. The Morgan fingerprint density at radius 1 is 0.757 bits per heavy atom. The molecule has 9 nitrogen and oxygen atoms in total. The summed E-state index contributed by atoms with van der Waals surface area (Å²) in [5.74, 6) is -1.06. The van der Waals surface area contributed by atoms with Gasteiger partial charge >= 0.3 is 29.0 Å². The Kier molecular flexibility index (Phi) is 34.3. The Morgan fingerprint density at radius 3 is 1.41 bits per heavy atom. The van der Waals surface area contributed by atoms with E-state index in [2.05, 4.69) is 13.8 Å². The van der Waals surface area contributed by atoms with Gasteiger partial charge in [0.1, 0.15) is 11.6 Å². The summed E-state index contributed by atoms with van der Waals surface area (Å²) < 4.78 is 0. The third-order valence-electron chi connectivity index (χ3n) is 6.59. The molecular weight excluding hydrogens is 493 g/mol. The zero-order chi connectivity index (χ0) is 28.5. The van der Waals surface area contributed by atoms with E-state index in [-0.39, 0.29) is 71.1 Å². The molecule has 2 fully saturated rings. The Labute approximate surface area is 239 Å². The van der Waals surface area contributed by atoms with Gasteiger partial charge in [-0.15, -0.1) is 0 Å². The predicted octanol–water partition coefficient (Wildman–Crippen LogP) is 1.12. The first-order chi connectivity index (χ1) is 17.3. The van der Waals surface area contributed by atoms with E-state index in [1.54, 1.807) is 0 Å². The van der Waals surface area contributed by atoms with Gasteiger partial charge in [0.15, 0.2) is 0 Å². The largest absolute Gasteiger partial charge is 2.00 e. The van der Waals surface area contributed by atoms with Crippen LogP contribution in [0.4, 0.5) is 0 Å². The summed E-state index contributed by atoms with van der Waals surface area (Å²) in [6.45, 7) is 4.25. The zero-order valence-corrected chi connectivity index (χ0v) is 25.1. The first kappa shape index (κ1) is 43.0. The summed E-state index contributed by atoms with van der Waals surface area (Å²) in [5, 5.41) is 42.8. The number of hydrogen-bond donors (Lipinski definition) is 2. The second-order valence-corrected chi connectivity index (χ2v) is 8.91. The number of Topliss-reactive ketones (excluding diaryl/α,β-unsaturated/α-hetero) is 2. The molecule has 0 aliphatic heterocycles. The second-order valence-electron chi connectivity index (χ2n) is 8.91. The van der Waals surface area contributed by atoms with Crippen molar-refractivity contribution in [1.29, 1.82) is 0 Å². The average Bonchev–Trinajstić information content (AvgIpc) is 3.39. The van der Waals surface area contributed by atoms with Crippen LogP contribution >= 0.6 is 0 Å². The van der Waals surface area contributed by atoms with Gasteiger partial charge in [0.25, 0.3) is 0 Å². The molecular formula is C27H49MgO9-. The number of hydrogen-bond acceptors (Lipinski definition) is 8. The second kappa shape index (κ2) is 29.5. The number of carboxylic acids is 2. The molecule has 214 valence electrons. The van der Waals surface area contributed by atoms with Gasteiger partial charge in [-0.25, -0.2) is 0 Å². The van der Waals surface area contributed by atoms with E-state index < -0.39 is 11.9 Å². The van der Waals surface area contributed by atoms with Crippen LogP contribution in [0.3, 0.4) is 0 Å². The molecule has 37 heavy (non-hydrogen) atoms. The first-order valence-electron chi connectivity index (χ1n) is 13.0. The van der Waals surface area contributed by atoms with E-state index in [1.807, 2.05) is 0 Å². The molecule has 2 N–H and O–H groups in total. The number of carbonyl (C=O) groups is 4. The van der Waals surface area contributed by atoms with Crippen molar-refractivity contribution in [1.82, 2.24) is 0 Å². The maximum atomic E-state index is 11.6. The number of aliphatic hydroxyl groups is 1. The summed E-state index contributed by atoms with van der Waals surface area (Å²) >= 11 is 0. The van der Waals surface area contributed by atoms with Gasteiger partial charge < -0.3 is 30.3 Å². The molecule has 2 aliphatic carbocycles. The topological polar surface area (TPSA) is 178 Å². The SMILES string of the molecule is CCCCCC1C(=O)CCC1CC(=O)O.CCCCCC1C(=O)CCC1CC(=O)[O-].CO.C[O-].C[O-].[Mg+2]. The van der Waals surface area contributed by atoms with Crippen molar-refractivity contribution in [2.24, 2.45) is 23.7 Å². The van der Waals surface area contributed by atoms with Crippen LogP contribution in [-0.2, 0) is 19.2 Å². The summed E-state index contributed by atoms with van der Waals surface area (Å²) in [5.41, 5.74) is 0. The Hall–Kier alpha value is -1.07. The van der Waals surface area contributed by atoms with E-state index in [0.717, 1.165) is 85.5 Å². The molecule has 0 spiro atoms. The minimum Gasteiger partial charge on any atom is -0.857 e. The smallest absolute Gasteiger partial charge is 0.857 e. The monoisotopic (exact) mass is 541 g/mol. The van der Waals surface area contributed by atoms with Crippen LogP contribution in [0.5, 0.6) is 0 Å². The molecule has 0 amide bonds. The zero-order valence-electron chi connectivity index (χ0n) is 23.7. The molecule has 0 bridgehead atoms. The van der Waals surface area contributed by atoms with Crippen LogP contribution in [0, 0.1) is 23.7 Å². The quantitative estimate of drug-likeness (QED) is 0.270. The predicted molar refractivity (Wildman–Crippen MR) is 138 cm³/mol. The fourth-order valence-corrected chi connectivity index (χ4v) is 4.90. The van der Waals surface area contributed by atoms with Crippen molar-refractivity contribution >= 4 is 46.6 Å². The molecule has 0 radical (unpaired) electrons. The van der Waals surface area contributed by atoms with Crippen molar-refractivity contribution < 1.29 is 44.7 Å². The van der Waals surface area contributed by atoms with Crippen LogP contribution in [0.25, 0.3) is 0 Å². The molecule has 4 unspecified atom stereocenters. The van der Waals surface area contributed by atoms with Crippen LogP contribution in [0.15, 0.2) is 0 Å². The van der Waals surface area contributed by atoms with Gasteiger partial charge in [-0.05, 0) is 43.9 Å². The van der Waals surface area contributed by atoms with Crippen LogP contribution in [0.1, 0.15) is 104 Å². The van der Waals surface area contributed by atoms with Crippen LogP contribution < -0.4 is 15.3 Å². The van der Waals surface area contributed by atoms with E-state index in [0.29, 0.717) is 12.8 Å². The molecule has 0 aromatic carbocycles. The summed E-state index contributed by atoms with van der Waals surface area (Å²) in [6, 6.07) is 0. The number of carbonyl (C=O) groups excluding carboxylic acids is 3. The summed E-state index contributed by atoms with van der Waals surface area (Å²) in [6.07, 6.45) is 11.3. The molecule has 10 heteroatoms. The number of unbranched alkanes of at least 4 members (excludes halogenated alkanes) is 4. The molecule has 0 saturated heterocycles. The summed E-state index contributed by atoms with van der Waals surface area (Å²) in [4.78, 5) is 44.3. The maximum Gasteiger partial charge on any atom is 2.00 e. The average molecular weight is 542 g/mol. The van der Waals surface area contributed by atoms with E-state index >= 15 is 0 Å². The fraction of sp³-hybridized carbons (Fsp3) is 0.852. The van der Waals surface area contributed by atoms with E-state index in [4.69, 9.17) is 20.4 Å². The van der Waals surface area contributed by atoms with E-state index in [1.165, 1.54) is 0 Å². The van der Waals surface area contributed by atoms with Crippen molar-refractivity contribution in [3.8, 4) is 0 Å². The third kappa shape index (κ3) is 20.5. The van der Waals surface area contributed by atoms with Gasteiger partial charge in [-0.3, -0.25) is 14.4 Å². The Morgan fingerprint density at radius 2 is 1.11 bits per heavy atom. The van der Waals surface area contributed by atoms with Gasteiger partial charge in [0.2, 0.25) is 0 Å². The van der Waals surface area contributed by atoms with Crippen molar-refractivity contribution in [2.75, 3.05) is 21.3 Å². The van der Waals surface area contributed by atoms with Crippen molar-refractivity contribution in [2.45, 2.75) is 104 Å². The first-order valence-corrected chi connectivity index (χ1v) is 13.0. The molecule has 0 aromatic rings. The molecule has 0 aromatic heterocycles. The number of rotatable bonds is 12. The number of aliphatic hydroxyl groups excluding tert-OH is 1. The standard InChI is InChI=1S/2C12H20O3.CH4O.2CH3O.Mg/c2*1-2-3-4-5-10-9(8-12(14)15)6-7-11(10)13;3*1-2;/h2*9-10H,2-8H2,1H3,(H,14,15);2H,1H3;2*1H3;/q;;;2*-1;+2/p-1. The Balaban J connectivity index is -0.000000239. The van der Waals surface area contributed by atoms with Gasteiger partial charge in [-0.2, -0.15) is 14.2 Å². The third-order valence-corrected chi connectivity index (χ3v) is 6.59. The van der Waals surface area contributed by atoms with Crippen LogP contribution in [-0.4, -0.2) is 78.1 Å². The fourth-order valence-electron chi connectivity index (χ4n) is 4.90. The summed E-state index contributed by atoms with van der Waals surface area (Å²) in [7, 11) is 2.50. The maximum absolute atomic E-state index is 11.6. The molecule has 2 rings (SSSR count). The van der Waals surface area contributed by atoms with E-state index in [9.17, 15) is 24.3 Å². The van der Waals surface area contributed by atoms with Gasteiger partial charge in [-0.1, -0.05) is 52.4 Å². The minimum absolute atomic E-state index is 0. The van der Waals surface area contributed by atoms with Crippen molar-refractivity contribution in [3.63, 3.8) is 0 Å². The normalized spacial score (nSPS) is 21.4.